The van der Waals surface area contributed by atoms with Gasteiger partial charge in [-0.3, -0.25) is 14.6 Å². The molecular formula is C31H30ClN3O2. The van der Waals surface area contributed by atoms with Crippen LogP contribution >= 0.6 is 11.6 Å². The Labute approximate surface area is 222 Å². The van der Waals surface area contributed by atoms with Crippen LogP contribution in [0.3, 0.4) is 0 Å². The van der Waals surface area contributed by atoms with E-state index in [0.29, 0.717) is 30.1 Å². The topological polar surface area (TPSA) is 64.0 Å². The zero-order valence-corrected chi connectivity index (χ0v) is 21.8. The van der Waals surface area contributed by atoms with E-state index in [1.165, 1.54) is 0 Å². The molecule has 0 aliphatic carbocycles. The Morgan fingerprint density at radius 3 is 2.51 bits per heavy atom. The first-order valence-corrected chi connectivity index (χ1v) is 12.7. The molecule has 0 atom stereocenters. The fraction of sp³-hybridized carbons (Fsp3) is 0.194. The van der Waals surface area contributed by atoms with Crippen molar-refractivity contribution in [1.29, 1.82) is 0 Å². The van der Waals surface area contributed by atoms with Crippen molar-refractivity contribution in [3.8, 4) is 0 Å². The third-order valence-corrected chi connectivity index (χ3v) is 6.40. The van der Waals surface area contributed by atoms with Crippen molar-refractivity contribution in [1.82, 2.24) is 14.9 Å². The molecule has 0 bridgehead atoms. The summed E-state index contributed by atoms with van der Waals surface area (Å²) in [5.74, 6) is -0.161. The maximum atomic E-state index is 12.9. The summed E-state index contributed by atoms with van der Waals surface area (Å²) in [6, 6.07) is 21.0. The van der Waals surface area contributed by atoms with E-state index < -0.39 is 0 Å². The number of halogens is 1. The molecule has 37 heavy (non-hydrogen) atoms. The average Bonchev–Trinajstić information content (AvgIpc) is 2.89. The highest BCUT2D eigenvalue weighted by Gasteiger charge is 2.11. The van der Waals surface area contributed by atoms with E-state index in [-0.39, 0.29) is 11.5 Å². The van der Waals surface area contributed by atoms with Crippen molar-refractivity contribution in [2.24, 2.45) is 0 Å². The van der Waals surface area contributed by atoms with Crippen molar-refractivity contribution in [3.05, 3.63) is 140 Å². The van der Waals surface area contributed by atoms with Crippen LogP contribution in [-0.4, -0.2) is 22.0 Å². The van der Waals surface area contributed by atoms with Crippen molar-refractivity contribution < 1.29 is 4.79 Å². The van der Waals surface area contributed by atoms with Crippen LogP contribution in [0.15, 0.2) is 96.2 Å². The summed E-state index contributed by atoms with van der Waals surface area (Å²) >= 11 is 6.12. The van der Waals surface area contributed by atoms with Gasteiger partial charge < -0.3 is 9.88 Å². The highest BCUT2D eigenvalue weighted by Crippen LogP contribution is 2.23. The quantitative estimate of drug-likeness (QED) is 0.297. The van der Waals surface area contributed by atoms with Crippen molar-refractivity contribution in [3.63, 3.8) is 0 Å². The lowest BCUT2D eigenvalue weighted by Gasteiger charge is -2.13. The molecule has 1 N–H and O–H groups in total. The van der Waals surface area contributed by atoms with E-state index in [4.69, 9.17) is 11.6 Å². The Morgan fingerprint density at radius 2 is 1.78 bits per heavy atom. The summed E-state index contributed by atoms with van der Waals surface area (Å²) in [7, 11) is 0. The molecule has 6 heteroatoms. The molecule has 0 aliphatic heterocycles. The Hall–Kier alpha value is -3.96. The lowest BCUT2D eigenvalue weighted by molar-refractivity contribution is 0.0958. The van der Waals surface area contributed by atoms with E-state index in [0.717, 1.165) is 39.8 Å². The molecule has 4 rings (SSSR count). The van der Waals surface area contributed by atoms with Crippen LogP contribution in [0, 0.1) is 6.92 Å². The third kappa shape index (κ3) is 7.05. The molecule has 0 aliphatic rings. The summed E-state index contributed by atoms with van der Waals surface area (Å²) in [6.45, 7) is 5.05. The van der Waals surface area contributed by atoms with Gasteiger partial charge in [0, 0.05) is 36.2 Å². The minimum absolute atomic E-state index is 0.0200. The summed E-state index contributed by atoms with van der Waals surface area (Å²) in [4.78, 5) is 29.2. The Kier molecular flexibility index (Phi) is 8.70. The standard InChI is InChI=1S/C31H30ClN3O2/c1-3-6-26(29-13-12-28(32)15-22(29)2)20-34-31(37)27-17-25(18-33-19-27)16-23-8-10-24(11-9-23)21-35-14-5-4-7-30(35)36/h4-15,17-19H,3,16,20-21H2,1-2H3,(H,34,37)/b26-6-. The third-order valence-electron chi connectivity index (χ3n) is 6.16. The van der Waals surface area contributed by atoms with Gasteiger partial charge in [-0.1, -0.05) is 61.0 Å². The first-order valence-electron chi connectivity index (χ1n) is 12.3. The van der Waals surface area contributed by atoms with Crippen molar-refractivity contribution >= 4 is 23.1 Å². The van der Waals surface area contributed by atoms with E-state index in [1.807, 2.05) is 61.5 Å². The molecule has 2 aromatic carbocycles. The van der Waals surface area contributed by atoms with E-state index in [1.54, 1.807) is 35.3 Å². The van der Waals surface area contributed by atoms with Gasteiger partial charge in [0.2, 0.25) is 0 Å². The maximum absolute atomic E-state index is 12.9. The number of carbonyl (C=O) groups is 1. The Balaban J connectivity index is 1.40. The number of nitrogens with one attached hydrogen (secondary N) is 1. The van der Waals surface area contributed by atoms with Crippen LogP contribution < -0.4 is 10.9 Å². The second-order valence-corrected chi connectivity index (χ2v) is 9.46. The number of hydrogen-bond acceptors (Lipinski definition) is 3. The van der Waals surface area contributed by atoms with Crippen molar-refractivity contribution in [2.45, 2.75) is 33.2 Å². The van der Waals surface area contributed by atoms with Gasteiger partial charge in [0.15, 0.2) is 0 Å². The van der Waals surface area contributed by atoms with E-state index >= 15 is 0 Å². The zero-order chi connectivity index (χ0) is 26.2. The molecule has 0 radical (unpaired) electrons. The zero-order valence-electron chi connectivity index (χ0n) is 21.1. The highest BCUT2D eigenvalue weighted by atomic mass is 35.5. The van der Waals surface area contributed by atoms with Crippen LogP contribution in [-0.2, 0) is 13.0 Å². The largest absolute Gasteiger partial charge is 0.348 e. The Morgan fingerprint density at radius 1 is 1.00 bits per heavy atom. The molecule has 0 saturated carbocycles. The lowest BCUT2D eigenvalue weighted by atomic mass is 9.99. The van der Waals surface area contributed by atoms with Crippen molar-refractivity contribution in [2.75, 3.05) is 6.54 Å². The van der Waals surface area contributed by atoms with E-state index in [2.05, 4.69) is 23.3 Å². The summed E-state index contributed by atoms with van der Waals surface area (Å²) < 4.78 is 1.68. The fourth-order valence-corrected chi connectivity index (χ4v) is 4.51. The molecular weight excluding hydrogens is 482 g/mol. The number of carbonyl (C=O) groups excluding carboxylic acids is 1. The molecule has 5 nitrogen and oxygen atoms in total. The second-order valence-electron chi connectivity index (χ2n) is 9.02. The van der Waals surface area contributed by atoms with Crippen LogP contribution in [0.2, 0.25) is 5.02 Å². The fourth-order valence-electron chi connectivity index (χ4n) is 4.28. The molecule has 0 unspecified atom stereocenters. The Bertz CT molecular complexity index is 1470. The molecule has 188 valence electrons. The number of rotatable bonds is 9. The lowest BCUT2D eigenvalue weighted by Crippen LogP contribution is -2.25. The van der Waals surface area contributed by atoms with Gasteiger partial charge in [-0.2, -0.15) is 0 Å². The van der Waals surface area contributed by atoms with E-state index in [9.17, 15) is 9.59 Å². The maximum Gasteiger partial charge on any atom is 0.253 e. The summed E-state index contributed by atoms with van der Waals surface area (Å²) in [6.07, 6.45) is 8.82. The summed E-state index contributed by atoms with van der Waals surface area (Å²) in [5.41, 5.74) is 6.84. The number of hydrogen-bond donors (Lipinski definition) is 1. The molecule has 0 saturated heterocycles. The number of aromatic nitrogens is 2. The molecule has 2 heterocycles. The summed E-state index contributed by atoms with van der Waals surface area (Å²) in [5, 5.41) is 3.74. The van der Waals surface area contributed by atoms with Gasteiger partial charge >= 0.3 is 0 Å². The van der Waals surface area contributed by atoms with Gasteiger partial charge in [-0.25, -0.2) is 0 Å². The minimum atomic E-state index is -0.161. The number of amides is 1. The van der Waals surface area contributed by atoms with Gasteiger partial charge in [0.05, 0.1) is 12.1 Å². The number of aryl methyl sites for hydroxylation is 1. The minimum Gasteiger partial charge on any atom is -0.348 e. The first kappa shape index (κ1) is 26.1. The van der Waals surface area contributed by atoms with Crippen LogP contribution in [0.4, 0.5) is 0 Å². The average molecular weight is 512 g/mol. The van der Waals surface area contributed by atoms with Gasteiger partial charge in [0.25, 0.3) is 11.5 Å². The highest BCUT2D eigenvalue weighted by molar-refractivity contribution is 6.30. The van der Waals surface area contributed by atoms with Crippen LogP contribution in [0.25, 0.3) is 5.57 Å². The monoisotopic (exact) mass is 511 g/mol. The molecule has 4 aromatic rings. The predicted octanol–water partition coefficient (Wildman–Crippen LogP) is 6.07. The number of nitrogens with zero attached hydrogens (tertiary/aromatic N) is 2. The number of benzene rings is 2. The normalized spacial score (nSPS) is 11.4. The SMILES string of the molecule is CC/C=C(/CNC(=O)c1cncc(Cc2ccc(Cn3ccccc3=O)cc2)c1)c1ccc(Cl)cc1C. The number of pyridine rings is 2. The van der Waals surface area contributed by atoms with Gasteiger partial charge in [-0.15, -0.1) is 0 Å². The van der Waals surface area contributed by atoms with Gasteiger partial charge in [-0.05, 0) is 77.4 Å². The van der Waals surface area contributed by atoms with Crippen LogP contribution in [0.5, 0.6) is 0 Å². The van der Waals surface area contributed by atoms with Crippen LogP contribution in [0.1, 0.15) is 51.5 Å². The number of allylic oxidation sites excluding steroid dienone is 1. The molecule has 2 aromatic heterocycles. The second kappa shape index (κ2) is 12.3. The van der Waals surface area contributed by atoms with Gasteiger partial charge in [0.1, 0.15) is 0 Å². The molecule has 0 fully saturated rings. The smallest absolute Gasteiger partial charge is 0.253 e. The predicted molar refractivity (Wildman–Crippen MR) is 150 cm³/mol. The first-order chi connectivity index (χ1) is 17.9. The molecule has 0 spiro atoms. The molecule has 1 amide bonds.